The Morgan fingerprint density at radius 2 is 1.67 bits per heavy atom. The lowest BCUT2D eigenvalue weighted by Gasteiger charge is -2.14. The van der Waals surface area contributed by atoms with Gasteiger partial charge < -0.3 is 0 Å². The molecule has 2 rings (SSSR count). The van der Waals surface area contributed by atoms with Gasteiger partial charge in [-0.3, -0.25) is 0 Å². The van der Waals surface area contributed by atoms with Gasteiger partial charge in [-0.1, -0.05) is 39.0 Å². The highest BCUT2D eigenvalue weighted by Gasteiger charge is 2.16. The first-order valence-electron chi connectivity index (χ1n) is 5.19. The first-order chi connectivity index (χ1) is 7.07. The van der Waals surface area contributed by atoms with Gasteiger partial charge in [0.25, 0.3) is 0 Å². The first-order valence-corrected chi connectivity index (χ1v) is 5.19. The van der Waals surface area contributed by atoms with Crippen molar-refractivity contribution in [3.8, 4) is 5.69 Å². The van der Waals surface area contributed by atoms with E-state index in [2.05, 4.69) is 44.1 Å². The van der Waals surface area contributed by atoms with Crippen molar-refractivity contribution in [2.24, 2.45) is 0 Å². The SMILES string of the molecule is CC(C)(C)c1ccn(-c2ccccc2)n1. The van der Waals surface area contributed by atoms with Crippen LogP contribution in [0.1, 0.15) is 26.5 Å². The summed E-state index contributed by atoms with van der Waals surface area (Å²) in [5, 5.41) is 4.57. The molecule has 0 saturated carbocycles. The van der Waals surface area contributed by atoms with Gasteiger partial charge in [0.05, 0.1) is 11.4 Å². The fraction of sp³-hybridized carbons (Fsp3) is 0.308. The van der Waals surface area contributed by atoms with Crippen molar-refractivity contribution in [3.05, 3.63) is 48.3 Å². The normalized spacial score (nSPS) is 11.7. The van der Waals surface area contributed by atoms with Crippen LogP contribution in [0.4, 0.5) is 0 Å². The van der Waals surface area contributed by atoms with Crippen molar-refractivity contribution in [2.75, 3.05) is 0 Å². The molecule has 1 aromatic carbocycles. The number of rotatable bonds is 1. The van der Waals surface area contributed by atoms with E-state index in [0.717, 1.165) is 11.4 Å². The maximum Gasteiger partial charge on any atom is 0.0682 e. The Labute approximate surface area is 90.6 Å². The zero-order chi connectivity index (χ0) is 10.9. The third kappa shape index (κ3) is 2.09. The molecular formula is C13H16N2. The van der Waals surface area contributed by atoms with Crippen LogP contribution in [-0.4, -0.2) is 9.78 Å². The van der Waals surface area contributed by atoms with Crippen molar-refractivity contribution in [3.63, 3.8) is 0 Å². The van der Waals surface area contributed by atoms with E-state index < -0.39 is 0 Å². The van der Waals surface area contributed by atoms with E-state index in [-0.39, 0.29) is 5.41 Å². The Kier molecular flexibility index (Phi) is 2.35. The molecular weight excluding hydrogens is 184 g/mol. The van der Waals surface area contributed by atoms with Crippen LogP contribution in [0.2, 0.25) is 0 Å². The zero-order valence-corrected chi connectivity index (χ0v) is 9.44. The van der Waals surface area contributed by atoms with Crippen LogP contribution in [0.15, 0.2) is 42.6 Å². The average Bonchev–Trinajstić information content (AvgIpc) is 2.67. The van der Waals surface area contributed by atoms with Crippen molar-refractivity contribution in [1.82, 2.24) is 9.78 Å². The van der Waals surface area contributed by atoms with E-state index in [4.69, 9.17) is 0 Å². The van der Waals surface area contributed by atoms with Crippen LogP contribution in [0.25, 0.3) is 5.69 Å². The lowest BCUT2D eigenvalue weighted by Crippen LogP contribution is -2.12. The van der Waals surface area contributed by atoms with E-state index in [1.165, 1.54) is 0 Å². The van der Waals surface area contributed by atoms with Crippen molar-refractivity contribution in [2.45, 2.75) is 26.2 Å². The van der Waals surface area contributed by atoms with Crippen LogP contribution >= 0.6 is 0 Å². The second kappa shape index (κ2) is 3.54. The summed E-state index contributed by atoms with van der Waals surface area (Å²) in [5.74, 6) is 0. The molecule has 1 aromatic heterocycles. The largest absolute Gasteiger partial charge is 0.241 e. The standard InChI is InChI=1S/C13H16N2/c1-13(2,3)12-9-10-15(14-12)11-7-5-4-6-8-11/h4-10H,1-3H3. The highest BCUT2D eigenvalue weighted by Crippen LogP contribution is 2.20. The lowest BCUT2D eigenvalue weighted by molar-refractivity contribution is 0.560. The minimum Gasteiger partial charge on any atom is -0.241 e. The highest BCUT2D eigenvalue weighted by molar-refractivity contribution is 5.31. The van der Waals surface area contributed by atoms with E-state index >= 15 is 0 Å². The molecule has 0 saturated heterocycles. The van der Waals surface area contributed by atoms with Crippen LogP contribution in [0.3, 0.4) is 0 Å². The molecule has 0 radical (unpaired) electrons. The maximum atomic E-state index is 4.57. The molecule has 0 amide bonds. The number of aromatic nitrogens is 2. The van der Waals surface area contributed by atoms with Gasteiger partial charge >= 0.3 is 0 Å². The zero-order valence-electron chi connectivity index (χ0n) is 9.44. The summed E-state index contributed by atoms with van der Waals surface area (Å²) in [6.45, 7) is 6.51. The van der Waals surface area contributed by atoms with Gasteiger partial charge in [0.15, 0.2) is 0 Å². The third-order valence-electron chi connectivity index (χ3n) is 2.38. The van der Waals surface area contributed by atoms with Crippen LogP contribution in [0, 0.1) is 0 Å². The maximum absolute atomic E-state index is 4.57. The molecule has 1 heterocycles. The molecule has 0 aliphatic rings. The van der Waals surface area contributed by atoms with Crippen LogP contribution in [-0.2, 0) is 5.41 Å². The van der Waals surface area contributed by atoms with E-state index in [9.17, 15) is 0 Å². The monoisotopic (exact) mass is 200 g/mol. The van der Waals surface area contributed by atoms with E-state index in [1.54, 1.807) is 0 Å². The molecule has 0 bridgehead atoms. The molecule has 0 aliphatic heterocycles. The average molecular weight is 200 g/mol. The quantitative estimate of drug-likeness (QED) is 0.691. The van der Waals surface area contributed by atoms with Gasteiger partial charge in [-0.2, -0.15) is 5.10 Å². The van der Waals surface area contributed by atoms with Gasteiger partial charge in [-0.05, 0) is 18.2 Å². The van der Waals surface area contributed by atoms with Crippen molar-refractivity contribution in [1.29, 1.82) is 0 Å². The third-order valence-corrected chi connectivity index (χ3v) is 2.38. The second-order valence-electron chi connectivity index (χ2n) is 4.73. The Hall–Kier alpha value is -1.57. The minimum atomic E-state index is 0.111. The number of hydrogen-bond donors (Lipinski definition) is 0. The topological polar surface area (TPSA) is 17.8 Å². The molecule has 0 aliphatic carbocycles. The fourth-order valence-electron chi connectivity index (χ4n) is 1.45. The Balaban J connectivity index is 2.37. The van der Waals surface area contributed by atoms with Gasteiger partial charge in [0.2, 0.25) is 0 Å². The van der Waals surface area contributed by atoms with Gasteiger partial charge in [0.1, 0.15) is 0 Å². The molecule has 15 heavy (non-hydrogen) atoms. The molecule has 78 valence electrons. The van der Waals surface area contributed by atoms with E-state index in [1.807, 2.05) is 29.1 Å². The molecule has 0 unspecified atom stereocenters. The van der Waals surface area contributed by atoms with Crippen molar-refractivity contribution < 1.29 is 0 Å². The molecule has 0 N–H and O–H groups in total. The van der Waals surface area contributed by atoms with Gasteiger partial charge in [-0.15, -0.1) is 0 Å². The second-order valence-corrected chi connectivity index (χ2v) is 4.73. The predicted molar refractivity (Wildman–Crippen MR) is 62.3 cm³/mol. The van der Waals surface area contributed by atoms with Crippen LogP contribution < -0.4 is 0 Å². The predicted octanol–water partition coefficient (Wildman–Crippen LogP) is 3.17. The summed E-state index contributed by atoms with van der Waals surface area (Å²) in [7, 11) is 0. The number of hydrogen-bond acceptors (Lipinski definition) is 1. The number of nitrogens with zero attached hydrogens (tertiary/aromatic N) is 2. The molecule has 0 atom stereocenters. The molecule has 0 spiro atoms. The summed E-state index contributed by atoms with van der Waals surface area (Å²) in [4.78, 5) is 0. The Morgan fingerprint density at radius 1 is 1.00 bits per heavy atom. The summed E-state index contributed by atoms with van der Waals surface area (Å²) in [6.07, 6.45) is 2.01. The minimum absolute atomic E-state index is 0.111. The first kappa shape index (κ1) is 9.97. The molecule has 2 aromatic rings. The summed E-state index contributed by atoms with van der Waals surface area (Å²) < 4.78 is 1.92. The Morgan fingerprint density at radius 3 is 2.20 bits per heavy atom. The van der Waals surface area contributed by atoms with Crippen LogP contribution in [0.5, 0.6) is 0 Å². The Bertz CT molecular complexity index is 435. The summed E-state index contributed by atoms with van der Waals surface area (Å²) in [6, 6.07) is 12.2. The van der Waals surface area contributed by atoms with Gasteiger partial charge in [0, 0.05) is 11.6 Å². The summed E-state index contributed by atoms with van der Waals surface area (Å²) in [5.41, 5.74) is 2.33. The summed E-state index contributed by atoms with van der Waals surface area (Å²) >= 11 is 0. The number of para-hydroxylation sites is 1. The smallest absolute Gasteiger partial charge is 0.0682 e. The fourth-order valence-corrected chi connectivity index (χ4v) is 1.45. The molecule has 2 nitrogen and oxygen atoms in total. The molecule has 2 heteroatoms. The van der Waals surface area contributed by atoms with E-state index in [0.29, 0.717) is 0 Å². The van der Waals surface area contributed by atoms with Gasteiger partial charge in [-0.25, -0.2) is 4.68 Å². The lowest BCUT2D eigenvalue weighted by atomic mass is 9.93. The number of benzene rings is 1. The molecule has 0 fully saturated rings. The highest BCUT2D eigenvalue weighted by atomic mass is 15.3. The van der Waals surface area contributed by atoms with Crippen molar-refractivity contribution >= 4 is 0 Å².